The van der Waals surface area contributed by atoms with E-state index in [-0.39, 0.29) is 5.97 Å². The minimum Gasteiger partial charge on any atom is -0.493 e. The molecule has 3 aromatic carbocycles. The average molecular weight is 480 g/mol. The third-order valence-electron chi connectivity index (χ3n) is 5.07. The zero-order valence-corrected chi connectivity index (χ0v) is 19.6. The summed E-state index contributed by atoms with van der Waals surface area (Å²) in [5.74, 6) is 0.549. The lowest BCUT2D eigenvalue weighted by atomic mass is 10.1. The van der Waals surface area contributed by atoms with Crippen LogP contribution in [0.5, 0.6) is 5.75 Å². The van der Waals surface area contributed by atoms with Crippen LogP contribution in [-0.4, -0.2) is 23.2 Å². The summed E-state index contributed by atoms with van der Waals surface area (Å²) in [6.07, 6.45) is 1.48. The number of hydrogen-bond donors (Lipinski definition) is 1. The van der Waals surface area contributed by atoms with Crippen molar-refractivity contribution < 1.29 is 14.3 Å². The van der Waals surface area contributed by atoms with Crippen LogP contribution in [0, 0.1) is 0 Å². The van der Waals surface area contributed by atoms with E-state index in [0.717, 1.165) is 43.9 Å². The van der Waals surface area contributed by atoms with Crippen molar-refractivity contribution in [2.45, 2.75) is 39.2 Å². The molecule has 4 aromatic rings. The zero-order chi connectivity index (χ0) is 22.0. The van der Waals surface area contributed by atoms with Crippen LogP contribution in [0.4, 0.5) is 0 Å². The second kappa shape index (κ2) is 8.75. The second-order valence-corrected chi connectivity index (χ2v) is 9.43. The number of fused-ring (bicyclic) bond motifs is 2. The van der Waals surface area contributed by atoms with Crippen LogP contribution in [0.2, 0.25) is 0 Å². The fourth-order valence-corrected chi connectivity index (χ4v) is 4.22. The zero-order valence-electron chi connectivity index (χ0n) is 18.0. The number of aromatic nitrogens is 1. The average Bonchev–Trinajstić information content (AvgIpc) is 3.10. The monoisotopic (exact) mass is 479 g/mol. The van der Waals surface area contributed by atoms with E-state index in [9.17, 15) is 4.79 Å². The van der Waals surface area contributed by atoms with Crippen LogP contribution < -0.4 is 4.74 Å². The van der Waals surface area contributed by atoms with E-state index < -0.39 is 5.60 Å². The highest BCUT2D eigenvalue weighted by Crippen LogP contribution is 2.31. The molecular formula is C26H26BrNO3. The number of H-pyrrole nitrogens is 1. The van der Waals surface area contributed by atoms with Gasteiger partial charge in [0.1, 0.15) is 17.0 Å². The Bertz CT molecular complexity index is 1230. The topological polar surface area (TPSA) is 51.3 Å². The second-order valence-electron chi connectivity index (χ2n) is 8.57. The van der Waals surface area contributed by atoms with Gasteiger partial charge in [-0.2, -0.15) is 0 Å². The van der Waals surface area contributed by atoms with Gasteiger partial charge in [-0.3, -0.25) is 0 Å². The van der Waals surface area contributed by atoms with E-state index in [0.29, 0.717) is 18.7 Å². The van der Waals surface area contributed by atoms with Gasteiger partial charge in [-0.1, -0.05) is 48.5 Å². The maximum absolute atomic E-state index is 12.9. The van der Waals surface area contributed by atoms with Crippen LogP contribution in [-0.2, 0) is 11.2 Å². The molecule has 1 heterocycles. The van der Waals surface area contributed by atoms with Gasteiger partial charge in [-0.25, -0.2) is 4.79 Å². The molecule has 0 fully saturated rings. The Morgan fingerprint density at radius 1 is 0.968 bits per heavy atom. The highest BCUT2D eigenvalue weighted by atomic mass is 79.9. The molecule has 4 nitrogen and oxygen atoms in total. The Balaban J connectivity index is 1.54. The Morgan fingerprint density at radius 3 is 2.48 bits per heavy atom. The molecule has 0 aliphatic rings. The number of carbonyl (C=O) groups excluding carboxylic acids is 1. The number of halogens is 1. The first-order valence-corrected chi connectivity index (χ1v) is 11.3. The SMILES string of the molecule is CC(C)(C)OC(=O)c1[nH]c2c(Br)cccc2c1CCCOc1cccc2ccccc12. The number of ether oxygens (including phenoxy) is 2. The first-order chi connectivity index (χ1) is 14.8. The lowest BCUT2D eigenvalue weighted by Crippen LogP contribution is -2.24. The minimum atomic E-state index is -0.555. The van der Waals surface area contributed by atoms with Crippen LogP contribution in [0.1, 0.15) is 43.2 Å². The van der Waals surface area contributed by atoms with Crippen LogP contribution in [0.3, 0.4) is 0 Å². The molecule has 4 rings (SSSR count). The Kier molecular flexibility index (Phi) is 6.05. The molecule has 0 radical (unpaired) electrons. The van der Waals surface area contributed by atoms with Gasteiger partial charge in [-0.15, -0.1) is 0 Å². The van der Waals surface area contributed by atoms with Gasteiger partial charge in [-0.05, 0) is 72.6 Å². The van der Waals surface area contributed by atoms with Gasteiger partial charge in [0.05, 0.1) is 12.1 Å². The third kappa shape index (κ3) is 4.77. The van der Waals surface area contributed by atoms with E-state index in [2.05, 4.69) is 39.1 Å². The lowest BCUT2D eigenvalue weighted by molar-refractivity contribution is 0.00626. The predicted octanol–water partition coefficient (Wildman–Crippen LogP) is 7.05. The Morgan fingerprint density at radius 2 is 1.68 bits per heavy atom. The number of carbonyl (C=O) groups is 1. The number of hydrogen-bond acceptors (Lipinski definition) is 3. The molecule has 0 saturated carbocycles. The highest BCUT2D eigenvalue weighted by molar-refractivity contribution is 9.10. The van der Waals surface area contributed by atoms with E-state index in [1.807, 2.05) is 63.2 Å². The van der Waals surface area contributed by atoms with E-state index in [1.165, 1.54) is 0 Å². The molecule has 0 unspecified atom stereocenters. The summed E-state index contributed by atoms with van der Waals surface area (Å²) in [4.78, 5) is 16.1. The Hall–Kier alpha value is -2.79. The van der Waals surface area contributed by atoms with Crippen molar-refractivity contribution >= 4 is 43.6 Å². The molecule has 31 heavy (non-hydrogen) atoms. The molecule has 5 heteroatoms. The van der Waals surface area contributed by atoms with Gasteiger partial charge < -0.3 is 14.5 Å². The molecule has 0 atom stereocenters. The fourth-order valence-electron chi connectivity index (χ4n) is 3.75. The molecule has 1 N–H and O–H groups in total. The maximum atomic E-state index is 12.9. The van der Waals surface area contributed by atoms with Crippen molar-refractivity contribution in [1.29, 1.82) is 0 Å². The van der Waals surface area contributed by atoms with Crippen LogP contribution >= 0.6 is 15.9 Å². The standard InChI is InChI=1S/C26H26BrNO3/c1-26(2,3)31-25(29)24-20(19-12-7-14-21(27)23(19)28-24)13-8-16-30-22-15-6-10-17-9-4-5-11-18(17)22/h4-7,9-12,14-15,28H,8,13,16H2,1-3H3. The van der Waals surface area contributed by atoms with Gasteiger partial charge in [0.15, 0.2) is 0 Å². The summed E-state index contributed by atoms with van der Waals surface area (Å²) in [6, 6.07) is 20.3. The van der Waals surface area contributed by atoms with Crippen molar-refractivity contribution in [3.63, 3.8) is 0 Å². The number of aryl methyl sites for hydroxylation is 1. The van der Waals surface area contributed by atoms with Crippen molar-refractivity contribution in [2.75, 3.05) is 6.61 Å². The molecular weight excluding hydrogens is 454 g/mol. The summed E-state index contributed by atoms with van der Waals surface area (Å²) < 4.78 is 12.7. The van der Waals surface area contributed by atoms with Crippen molar-refractivity contribution in [2.24, 2.45) is 0 Å². The quantitative estimate of drug-likeness (QED) is 0.238. The highest BCUT2D eigenvalue weighted by Gasteiger charge is 2.24. The van der Waals surface area contributed by atoms with Gasteiger partial charge in [0, 0.05) is 15.2 Å². The fraction of sp³-hybridized carbons (Fsp3) is 0.269. The third-order valence-corrected chi connectivity index (χ3v) is 5.73. The lowest BCUT2D eigenvalue weighted by Gasteiger charge is -2.19. The summed E-state index contributed by atoms with van der Waals surface area (Å²) in [5, 5.41) is 3.30. The van der Waals surface area contributed by atoms with E-state index in [1.54, 1.807) is 0 Å². The number of benzene rings is 3. The normalized spacial score (nSPS) is 11.7. The van der Waals surface area contributed by atoms with E-state index >= 15 is 0 Å². The number of nitrogens with one attached hydrogen (secondary N) is 1. The number of para-hydroxylation sites is 1. The largest absolute Gasteiger partial charge is 0.493 e. The molecule has 0 amide bonds. The van der Waals surface area contributed by atoms with Gasteiger partial charge in [0.25, 0.3) is 0 Å². The molecule has 0 spiro atoms. The summed E-state index contributed by atoms with van der Waals surface area (Å²) in [6.45, 7) is 6.19. The molecule has 0 aliphatic carbocycles. The molecule has 1 aromatic heterocycles. The predicted molar refractivity (Wildman–Crippen MR) is 129 cm³/mol. The molecule has 0 aliphatic heterocycles. The maximum Gasteiger partial charge on any atom is 0.355 e. The summed E-state index contributed by atoms with van der Waals surface area (Å²) >= 11 is 3.58. The van der Waals surface area contributed by atoms with Crippen molar-refractivity contribution in [3.8, 4) is 5.75 Å². The number of esters is 1. The molecule has 160 valence electrons. The van der Waals surface area contributed by atoms with Crippen molar-refractivity contribution in [1.82, 2.24) is 4.98 Å². The summed E-state index contributed by atoms with van der Waals surface area (Å²) in [7, 11) is 0. The van der Waals surface area contributed by atoms with Gasteiger partial charge in [0.2, 0.25) is 0 Å². The number of rotatable bonds is 6. The smallest absolute Gasteiger partial charge is 0.355 e. The minimum absolute atomic E-state index is 0.333. The Labute approximate surface area is 190 Å². The molecule has 0 saturated heterocycles. The van der Waals surface area contributed by atoms with Crippen molar-refractivity contribution in [3.05, 3.63) is 76.4 Å². The summed E-state index contributed by atoms with van der Waals surface area (Å²) in [5.41, 5.74) is 1.84. The van der Waals surface area contributed by atoms with Crippen LogP contribution in [0.15, 0.2) is 65.1 Å². The van der Waals surface area contributed by atoms with Crippen LogP contribution in [0.25, 0.3) is 21.7 Å². The first-order valence-electron chi connectivity index (χ1n) is 10.5. The van der Waals surface area contributed by atoms with E-state index in [4.69, 9.17) is 9.47 Å². The number of aromatic amines is 1. The first kappa shape index (κ1) is 21.4. The van der Waals surface area contributed by atoms with Gasteiger partial charge >= 0.3 is 5.97 Å². The molecule has 0 bridgehead atoms.